The topological polar surface area (TPSA) is 200 Å². The Hall–Kier alpha value is -4.39. The van der Waals surface area contributed by atoms with Gasteiger partial charge in [-0.1, -0.05) is 18.2 Å². The molecule has 2 aromatic carbocycles. The first-order valence-electron chi connectivity index (χ1n) is 12.9. The number of ether oxygens (including phenoxy) is 2. The van der Waals surface area contributed by atoms with Crippen LogP contribution in [-0.2, 0) is 20.8 Å². The van der Waals surface area contributed by atoms with E-state index < -0.39 is 75.6 Å². The summed E-state index contributed by atoms with van der Waals surface area (Å²) in [6.45, 7) is 0.0556. The van der Waals surface area contributed by atoms with E-state index in [1.54, 1.807) is 30.3 Å². The number of phenolic OH excluding ortho intramolecular Hbond substituents is 1. The third-order valence-electron chi connectivity index (χ3n) is 8.69. The molecule has 0 aromatic heterocycles. The highest BCUT2D eigenvalue weighted by atomic mass is 16.7. The number of hydrogen-bond donors (Lipinski definition) is 6. The fourth-order valence-corrected chi connectivity index (χ4v) is 6.96. The second kappa shape index (κ2) is 9.06. The number of phenols is 1. The molecule has 2 aromatic rings. The van der Waals surface area contributed by atoms with Crippen molar-refractivity contribution < 1.29 is 49.4 Å². The Kier molecular flexibility index (Phi) is 5.93. The smallest absolute Gasteiger partial charge is 0.255 e. The third kappa shape index (κ3) is 3.54. The van der Waals surface area contributed by atoms with Crippen LogP contribution < -0.4 is 15.2 Å². The lowest BCUT2D eigenvalue weighted by Crippen LogP contribution is -2.70. The Balaban J connectivity index is 1.59. The van der Waals surface area contributed by atoms with Crippen molar-refractivity contribution in [2.75, 3.05) is 20.9 Å². The maximum Gasteiger partial charge on any atom is 0.255 e. The van der Waals surface area contributed by atoms with Crippen molar-refractivity contribution in [2.45, 2.75) is 30.1 Å². The molecule has 41 heavy (non-hydrogen) atoms. The number of ketones is 2. The predicted molar refractivity (Wildman–Crippen MR) is 141 cm³/mol. The van der Waals surface area contributed by atoms with Gasteiger partial charge in [-0.15, -0.1) is 0 Å². The molecular formula is C29H28N2O10. The Bertz CT molecular complexity index is 1590. The van der Waals surface area contributed by atoms with Gasteiger partial charge in [-0.05, 0) is 55.8 Å². The number of rotatable bonds is 4. The third-order valence-corrected chi connectivity index (χ3v) is 8.69. The van der Waals surface area contributed by atoms with E-state index in [1.807, 2.05) is 0 Å². The molecular weight excluding hydrogens is 536 g/mol. The van der Waals surface area contributed by atoms with Gasteiger partial charge in [0.25, 0.3) is 5.91 Å². The Labute approximate surface area is 233 Å². The molecule has 1 aliphatic heterocycles. The summed E-state index contributed by atoms with van der Waals surface area (Å²) in [5.41, 5.74) is 2.06. The molecule has 214 valence electrons. The molecule has 3 aliphatic carbocycles. The molecule has 12 heteroatoms. The highest BCUT2D eigenvalue weighted by Crippen LogP contribution is 2.57. The number of carbonyl (C=O) groups is 3. The average Bonchev–Trinajstić information content (AvgIpc) is 3.38. The highest BCUT2D eigenvalue weighted by Gasteiger charge is 2.68. The number of nitrogens with zero attached hydrogens (tertiary/aromatic N) is 1. The van der Waals surface area contributed by atoms with E-state index in [4.69, 9.17) is 15.2 Å². The molecule has 1 fully saturated rings. The maximum absolute atomic E-state index is 14.2. The average molecular weight is 565 g/mol. The standard InChI is InChI=1S/C29H28N2O10/c1-31(2)22-21-24(34)18-13(8-11-6-7-15-16(9-11)41-10-40-15)12-4-3-5-14(32)17(12)23(33)19(18)26(36)29(21,39)27(37)20(25(22)35)28(30)38/h3-7,9,13,18,21-22,24,32-34,37,39H,8,10H2,1-2H3,(H2,30,38). The summed E-state index contributed by atoms with van der Waals surface area (Å²) >= 11 is 0. The van der Waals surface area contributed by atoms with Gasteiger partial charge in [0.2, 0.25) is 12.6 Å². The molecule has 6 unspecified atom stereocenters. The molecule has 12 nitrogen and oxygen atoms in total. The van der Waals surface area contributed by atoms with Crippen LogP contribution in [0.3, 0.4) is 0 Å². The zero-order chi connectivity index (χ0) is 29.5. The summed E-state index contributed by atoms with van der Waals surface area (Å²) in [5.74, 6) is -8.38. The van der Waals surface area contributed by atoms with Gasteiger partial charge in [0.05, 0.1) is 23.6 Å². The lowest BCUT2D eigenvalue weighted by atomic mass is 9.53. The lowest BCUT2D eigenvalue weighted by molar-refractivity contribution is -0.169. The van der Waals surface area contributed by atoms with Crippen LogP contribution >= 0.6 is 0 Å². The molecule has 6 atom stereocenters. The number of carbonyl (C=O) groups excluding carboxylic acids is 3. The van der Waals surface area contributed by atoms with Crippen molar-refractivity contribution in [3.63, 3.8) is 0 Å². The van der Waals surface area contributed by atoms with Gasteiger partial charge in [-0.2, -0.15) is 0 Å². The normalized spacial score (nSPS) is 30.3. The molecule has 1 heterocycles. The van der Waals surface area contributed by atoms with Crippen LogP contribution in [0.1, 0.15) is 22.6 Å². The minimum Gasteiger partial charge on any atom is -0.508 e. The van der Waals surface area contributed by atoms with E-state index in [2.05, 4.69) is 0 Å². The first kappa shape index (κ1) is 26.8. The maximum atomic E-state index is 14.2. The van der Waals surface area contributed by atoms with Gasteiger partial charge < -0.3 is 40.7 Å². The fourth-order valence-electron chi connectivity index (χ4n) is 6.96. The summed E-state index contributed by atoms with van der Waals surface area (Å²) in [6, 6.07) is 8.34. The molecule has 1 amide bonds. The minimum absolute atomic E-state index is 0.0556. The number of aliphatic hydroxyl groups excluding tert-OH is 3. The van der Waals surface area contributed by atoms with Crippen LogP contribution in [0, 0.1) is 11.8 Å². The Morgan fingerprint density at radius 1 is 1.10 bits per heavy atom. The van der Waals surface area contributed by atoms with Gasteiger partial charge in [-0.3, -0.25) is 19.3 Å². The predicted octanol–water partition coefficient (Wildman–Crippen LogP) is 0.447. The van der Waals surface area contributed by atoms with Gasteiger partial charge in [-0.25, -0.2) is 0 Å². The van der Waals surface area contributed by atoms with E-state index in [0.717, 1.165) is 5.56 Å². The summed E-state index contributed by atoms with van der Waals surface area (Å²) < 4.78 is 10.9. The Morgan fingerprint density at radius 2 is 1.80 bits per heavy atom. The number of fused-ring (bicyclic) bond motifs is 4. The van der Waals surface area contributed by atoms with Crippen LogP contribution in [0.5, 0.6) is 17.2 Å². The number of aromatic hydroxyl groups is 1. The number of primary amides is 1. The number of aliphatic hydroxyl groups is 4. The SMILES string of the molecule is CN(C)C1C(=O)C(C(N)=O)=C(O)C2(O)C(=O)C3=C(O)c4c(O)cccc4C(Cc4ccc5c(c4)OCO5)C3C(O)C12. The summed E-state index contributed by atoms with van der Waals surface area (Å²) in [4.78, 5) is 41.2. The zero-order valence-electron chi connectivity index (χ0n) is 22.1. The van der Waals surface area contributed by atoms with Crippen LogP contribution in [0.15, 0.2) is 53.3 Å². The first-order chi connectivity index (χ1) is 19.4. The molecule has 4 aliphatic rings. The van der Waals surface area contributed by atoms with Crippen LogP contribution in [0.25, 0.3) is 5.76 Å². The molecule has 0 bridgehead atoms. The Morgan fingerprint density at radius 3 is 2.49 bits per heavy atom. The van der Waals surface area contributed by atoms with Crippen molar-refractivity contribution in [2.24, 2.45) is 17.6 Å². The first-order valence-corrected chi connectivity index (χ1v) is 12.9. The summed E-state index contributed by atoms with van der Waals surface area (Å²) in [5, 5.41) is 57.1. The van der Waals surface area contributed by atoms with Gasteiger partial charge in [0.15, 0.2) is 22.9 Å². The summed E-state index contributed by atoms with van der Waals surface area (Å²) in [7, 11) is 2.92. The fraction of sp³-hybridized carbons (Fsp3) is 0.345. The number of Topliss-reactive ketones (excluding diaryl/α,β-unsaturated/α-hetero) is 2. The van der Waals surface area contributed by atoms with E-state index in [1.165, 1.54) is 25.1 Å². The molecule has 1 saturated carbocycles. The van der Waals surface area contributed by atoms with E-state index in [9.17, 15) is 39.9 Å². The number of benzene rings is 2. The zero-order valence-corrected chi connectivity index (χ0v) is 22.1. The highest BCUT2D eigenvalue weighted by molar-refractivity contribution is 6.24. The van der Waals surface area contributed by atoms with E-state index >= 15 is 0 Å². The van der Waals surface area contributed by atoms with Gasteiger partial charge in [0, 0.05) is 11.5 Å². The van der Waals surface area contributed by atoms with Crippen molar-refractivity contribution in [1.29, 1.82) is 0 Å². The van der Waals surface area contributed by atoms with Gasteiger partial charge >= 0.3 is 0 Å². The minimum atomic E-state index is -2.97. The van der Waals surface area contributed by atoms with Crippen LogP contribution in [0.4, 0.5) is 0 Å². The molecule has 0 radical (unpaired) electrons. The van der Waals surface area contributed by atoms with Crippen molar-refractivity contribution >= 4 is 23.2 Å². The second-order valence-corrected chi connectivity index (χ2v) is 11.0. The van der Waals surface area contributed by atoms with Crippen molar-refractivity contribution in [3.05, 3.63) is 70.0 Å². The molecule has 0 spiro atoms. The largest absolute Gasteiger partial charge is 0.508 e. The second-order valence-electron chi connectivity index (χ2n) is 11.0. The van der Waals surface area contributed by atoms with Crippen LogP contribution in [-0.4, -0.2) is 86.5 Å². The van der Waals surface area contributed by atoms with Crippen molar-refractivity contribution in [3.8, 4) is 17.2 Å². The molecule has 7 N–H and O–H groups in total. The lowest BCUT2D eigenvalue weighted by Gasteiger charge is -2.54. The van der Waals surface area contributed by atoms with E-state index in [0.29, 0.717) is 17.1 Å². The van der Waals surface area contributed by atoms with Crippen LogP contribution in [0.2, 0.25) is 0 Å². The quantitative estimate of drug-likeness (QED) is 0.282. The molecule has 6 rings (SSSR count). The number of nitrogens with two attached hydrogens (primary N) is 1. The van der Waals surface area contributed by atoms with E-state index in [-0.39, 0.29) is 24.5 Å². The van der Waals surface area contributed by atoms with Gasteiger partial charge in [0.1, 0.15) is 22.8 Å². The number of amides is 1. The van der Waals surface area contributed by atoms with Crippen molar-refractivity contribution in [1.82, 2.24) is 4.90 Å². The monoisotopic (exact) mass is 564 g/mol. The number of hydrogen-bond acceptors (Lipinski definition) is 11. The number of likely N-dealkylation sites (N-methyl/N-ethyl adjacent to an activating group) is 1. The molecule has 0 saturated heterocycles. The summed E-state index contributed by atoms with van der Waals surface area (Å²) in [6.07, 6.45) is -1.52.